The van der Waals surface area contributed by atoms with Gasteiger partial charge in [0.05, 0.1) is 0 Å². The van der Waals surface area contributed by atoms with Crippen LogP contribution in [0.25, 0.3) is 12.2 Å². The third-order valence-electron chi connectivity index (χ3n) is 4.54. The van der Waals surface area contributed by atoms with E-state index in [1.54, 1.807) is 0 Å². The van der Waals surface area contributed by atoms with Gasteiger partial charge in [-0.05, 0) is 48.8 Å². The number of ether oxygens (including phenoxy) is 2. The van der Waals surface area contributed by atoms with Gasteiger partial charge in [0.1, 0.15) is 17.3 Å². The van der Waals surface area contributed by atoms with Crippen molar-refractivity contribution in [3.05, 3.63) is 69.5 Å². The molecule has 0 spiro atoms. The van der Waals surface area contributed by atoms with Gasteiger partial charge in [-0.25, -0.2) is 0 Å². The van der Waals surface area contributed by atoms with Gasteiger partial charge < -0.3 is 9.47 Å². The summed E-state index contributed by atoms with van der Waals surface area (Å²) in [6.07, 6.45) is 14.7. The molecule has 112 valence electrons. The molecular weight excluding hydrogens is 288 g/mol. The van der Waals surface area contributed by atoms with Gasteiger partial charge in [0, 0.05) is 22.4 Å². The molecule has 2 heterocycles. The lowest BCUT2D eigenvalue weighted by Crippen LogP contribution is -2.34. The van der Waals surface area contributed by atoms with Crippen LogP contribution in [-0.4, -0.2) is 5.78 Å². The molecule has 0 atom stereocenters. The molecule has 3 heteroatoms. The number of fused-ring (bicyclic) bond motifs is 3. The topological polar surface area (TPSA) is 35.5 Å². The maximum absolute atomic E-state index is 12.0. The Balaban J connectivity index is 1.78. The number of benzene rings is 1. The molecule has 2 aliphatic heterocycles. The highest BCUT2D eigenvalue weighted by Crippen LogP contribution is 2.28. The summed E-state index contributed by atoms with van der Waals surface area (Å²) in [5.74, 6) is 2.99. The summed E-state index contributed by atoms with van der Waals surface area (Å²) in [5.41, 5.74) is 2.07. The predicted octanol–water partition coefficient (Wildman–Crippen LogP) is 2.42. The number of carbonyl (C=O) groups excluding carboxylic acids is 1. The summed E-state index contributed by atoms with van der Waals surface area (Å²) in [5, 5.41) is 2.02. The number of allylic oxidation sites excluding steroid dienone is 7. The van der Waals surface area contributed by atoms with Crippen LogP contribution in [0, 0.1) is 0 Å². The molecule has 1 aromatic rings. The van der Waals surface area contributed by atoms with Crippen LogP contribution in [-0.2, 0) is 4.79 Å². The Bertz CT molecular complexity index is 1000. The van der Waals surface area contributed by atoms with Crippen molar-refractivity contribution in [2.75, 3.05) is 0 Å². The van der Waals surface area contributed by atoms with Crippen molar-refractivity contribution in [3.8, 4) is 11.5 Å². The summed E-state index contributed by atoms with van der Waals surface area (Å²) < 4.78 is 11.9. The zero-order chi connectivity index (χ0) is 15.4. The third-order valence-corrected chi connectivity index (χ3v) is 4.54. The molecule has 0 aromatic heterocycles. The van der Waals surface area contributed by atoms with Crippen LogP contribution < -0.4 is 19.9 Å². The molecule has 0 unspecified atom stereocenters. The molecule has 1 aromatic carbocycles. The van der Waals surface area contributed by atoms with Crippen molar-refractivity contribution >= 4 is 17.9 Å². The average Bonchev–Trinajstić information content (AvgIpc) is 2.59. The van der Waals surface area contributed by atoms with E-state index in [1.807, 2.05) is 36.4 Å². The quantitative estimate of drug-likeness (QED) is 0.738. The standard InChI is InChI=1S/C20H14O3/c21-16-6-3-5-13-11-15-14-10-12-4-1-2-7-17(12)22-18(14)8-9-19(15)23-20(13)16/h2-3,5,7-11H,1,4,6H2. The SMILES string of the molecule is O=C1CC=CC2=C1Oc1ccc3c(c1=C2)=CC1=C(C=CCC1)O3. The van der Waals surface area contributed by atoms with Crippen LogP contribution in [0.2, 0.25) is 0 Å². The molecule has 0 saturated heterocycles. The first-order valence-electron chi connectivity index (χ1n) is 7.85. The lowest BCUT2D eigenvalue weighted by molar-refractivity contribution is -0.116. The van der Waals surface area contributed by atoms with Crippen LogP contribution in [0.4, 0.5) is 0 Å². The maximum Gasteiger partial charge on any atom is 0.202 e. The molecule has 0 amide bonds. The maximum atomic E-state index is 12.0. The van der Waals surface area contributed by atoms with Crippen molar-refractivity contribution in [2.24, 2.45) is 0 Å². The number of carbonyl (C=O) groups is 1. The van der Waals surface area contributed by atoms with E-state index in [9.17, 15) is 4.79 Å². The first kappa shape index (κ1) is 12.7. The fourth-order valence-electron chi connectivity index (χ4n) is 3.38. The summed E-state index contributed by atoms with van der Waals surface area (Å²) in [6.45, 7) is 0. The van der Waals surface area contributed by atoms with Gasteiger partial charge >= 0.3 is 0 Å². The molecule has 0 N–H and O–H groups in total. The largest absolute Gasteiger partial charge is 0.456 e. The van der Waals surface area contributed by atoms with E-state index in [0.717, 1.165) is 46.1 Å². The van der Waals surface area contributed by atoms with E-state index in [1.165, 1.54) is 5.57 Å². The second-order valence-corrected chi connectivity index (χ2v) is 6.03. The molecule has 0 bridgehead atoms. The van der Waals surface area contributed by atoms with Crippen LogP contribution in [0.5, 0.6) is 11.5 Å². The highest BCUT2D eigenvalue weighted by Gasteiger charge is 2.24. The summed E-state index contributed by atoms with van der Waals surface area (Å²) in [6, 6.07) is 3.80. The molecule has 23 heavy (non-hydrogen) atoms. The molecule has 4 aliphatic rings. The Labute approximate surface area is 133 Å². The summed E-state index contributed by atoms with van der Waals surface area (Å²) >= 11 is 0. The van der Waals surface area contributed by atoms with Crippen molar-refractivity contribution in [3.63, 3.8) is 0 Å². The van der Waals surface area contributed by atoms with E-state index < -0.39 is 0 Å². The Morgan fingerprint density at radius 2 is 1.74 bits per heavy atom. The predicted molar refractivity (Wildman–Crippen MR) is 87.1 cm³/mol. The van der Waals surface area contributed by atoms with E-state index >= 15 is 0 Å². The van der Waals surface area contributed by atoms with Gasteiger partial charge in [0.2, 0.25) is 5.78 Å². The van der Waals surface area contributed by atoms with Crippen molar-refractivity contribution in [1.29, 1.82) is 0 Å². The summed E-state index contributed by atoms with van der Waals surface area (Å²) in [7, 11) is 0. The number of ketones is 1. The fraction of sp³-hybridized carbons (Fsp3) is 0.150. The van der Waals surface area contributed by atoms with Gasteiger partial charge in [-0.15, -0.1) is 0 Å². The minimum atomic E-state index is 0.0322. The van der Waals surface area contributed by atoms with E-state index in [4.69, 9.17) is 9.47 Å². The fourth-order valence-corrected chi connectivity index (χ4v) is 3.38. The van der Waals surface area contributed by atoms with Gasteiger partial charge in [0.25, 0.3) is 0 Å². The second-order valence-electron chi connectivity index (χ2n) is 6.03. The van der Waals surface area contributed by atoms with Gasteiger partial charge in [-0.1, -0.05) is 18.2 Å². The van der Waals surface area contributed by atoms with Crippen molar-refractivity contribution in [1.82, 2.24) is 0 Å². The average molecular weight is 302 g/mol. The molecular formula is C20H14O3. The van der Waals surface area contributed by atoms with Crippen LogP contribution >= 0.6 is 0 Å². The van der Waals surface area contributed by atoms with Gasteiger partial charge in [-0.3, -0.25) is 4.79 Å². The minimum Gasteiger partial charge on any atom is -0.456 e. The van der Waals surface area contributed by atoms with E-state index in [0.29, 0.717) is 12.2 Å². The van der Waals surface area contributed by atoms with Gasteiger partial charge in [-0.2, -0.15) is 0 Å². The molecule has 0 radical (unpaired) electrons. The lowest BCUT2D eigenvalue weighted by atomic mass is 9.96. The van der Waals surface area contributed by atoms with E-state index in [-0.39, 0.29) is 5.78 Å². The van der Waals surface area contributed by atoms with Crippen LogP contribution in [0.3, 0.4) is 0 Å². The second kappa shape index (κ2) is 4.59. The monoisotopic (exact) mass is 302 g/mol. The summed E-state index contributed by atoms with van der Waals surface area (Å²) in [4.78, 5) is 12.0. The number of hydrogen-bond acceptors (Lipinski definition) is 3. The molecule has 3 nitrogen and oxygen atoms in total. The Hall–Kier alpha value is -2.81. The minimum absolute atomic E-state index is 0.0322. The smallest absolute Gasteiger partial charge is 0.202 e. The first-order valence-corrected chi connectivity index (χ1v) is 7.85. The number of rotatable bonds is 0. The molecule has 0 saturated carbocycles. The van der Waals surface area contributed by atoms with Crippen molar-refractivity contribution in [2.45, 2.75) is 19.3 Å². The number of Topliss-reactive ketones (excluding diaryl/α,β-unsaturated/α-hetero) is 1. The third kappa shape index (κ3) is 1.86. The van der Waals surface area contributed by atoms with Crippen molar-refractivity contribution < 1.29 is 14.3 Å². The van der Waals surface area contributed by atoms with Crippen LogP contribution in [0.1, 0.15) is 19.3 Å². The Morgan fingerprint density at radius 1 is 0.913 bits per heavy atom. The number of hydrogen-bond donors (Lipinski definition) is 0. The highest BCUT2D eigenvalue weighted by atomic mass is 16.5. The van der Waals surface area contributed by atoms with Gasteiger partial charge in [0.15, 0.2) is 5.76 Å². The zero-order valence-corrected chi connectivity index (χ0v) is 12.5. The van der Waals surface area contributed by atoms with E-state index in [2.05, 4.69) is 12.2 Å². The highest BCUT2D eigenvalue weighted by molar-refractivity contribution is 5.99. The molecule has 2 aliphatic carbocycles. The molecule has 5 rings (SSSR count). The Kier molecular flexibility index (Phi) is 2.54. The first-order chi connectivity index (χ1) is 11.3. The normalized spacial score (nSPS) is 20.4. The zero-order valence-electron chi connectivity index (χ0n) is 12.5. The lowest BCUT2D eigenvalue weighted by Gasteiger charge is -2.23. The van der Waals surface area contributed by atoms with Crippen LogP contribution in [0.15, 0.2) is 59.1 Å². The molecule has 0 fully saturated rings. The Morgan fingerprint density at radius 3 is 2.65 bits per heavy atom.